The highest BCUT2D eigenvalue weighted by Crippen LogP contribution is 2.40. The second-order valence-corrected chi connectivity index (χ2v) is 11.3. The van der Waals surface area contributed by atoms with Crippen LogP contribution in [0.3, 0.4) is 0 Å². The first-order chi connectivity index (χ1) is 16.5. The van der Waals surface area contributed by atoms with Gasteiger partial charge in [-0.1, -0.05) is 55.3 Å². The van der Waals surface area contributed by atoms with Gasteiger partial charge in [-0.15, -0.1) is 0 Å². The molecule has 0 unspecified atom stereocenters. The van der Waals surface area contributed by atoms with Gasteiger partial charge >= 0.3 is 0 Å². The number of pyridine rings is 1. The van der Waals surface area contributed by atoms with E-state index in [4.69, 9.17) is 4.74 Å². The van der Waals surface area contributed by atoms with Crippen molar-refractivity contribution in [3.63, 3.8) is 0 Å². The molecule has 1 aromatic heterocycles. The molecule has 0 spiro atoms. The summed E-state index contributed by atoms with van der Waals surface area (Å²) in [6.45, 7) is 2.35. The van der Waals surface area contributed by atoms with Gasteiger partial charge in [0.1, 0.15) is 11.0 Å². The van der Waals surface area contributed by atoms with Gasteiger partial charge in [-0.2, -0.15) is 0 Å². The molecular weight excluding hydrogens is 446 g/mol. The largest absolute Gasteiger partial charge is 0.507 e. The van der Waals surface area contributed by atoms with Gasteiger partial charge in [0.2, 0.25) is 0 Å². The Hall–Kier alpha value is -2.96. The molecule has 3 heterocycles. The fourth-order valence-electron chi connectivity index (χ4n) is 5.26. The number of sulfone groups is 1. The molecule has 0 saturated carbocycles. The van der Waals surface area contributed by atoms with E-state index in [9.17, 15) is 13.5 Å². The smallest absolute Gasteiger partial charge is 0.163 e. The normalized spacial score (nSPS) is 21.9. The molecule has 34 heavy (non-hydrogen) atoms. The number of hydrogen-bond donors (Lipinski definition) is 1. The van der Waals surface area contributed by atoms with Crippen LogP contribution in [0.4, 0.5) is 0 Å². The molecule has 5 nitrogen and oxygen atoms in total. The highest BCUT2D eigenvalue weighted by atomic mass is 32.2. The number of phenols is 1. The van der Waals surface area contributed by atoms with Crippen LogP contribution in [0.5, 0.6) is 5.75 Å². The molecule has 2 aliphatic heterocycles. The first kappa shape index (κ1) is 22.8. The molecule has 1 N–H and O–H groups in total. The van der Waals surface area contributed by atoms with Crippen LogP contribution >= 0.6 is 0 Å². The second-order valence-electron chi connectivity index (χ2n) is 9.07. The predicted molar refractivity (Wildman–Crippen MR) is 136 cm³/mol. The topological polar surface area (TPSA) is 76.5 Å². The van der Waals surface area contributed by atoms with Crippen LogP contribution in [0.2, 0.25) is 0 Å². The minimum Gasteiger partial charge on any atom is -0.507 e. The number of nitrogens with zero attached hydrogens (tertiary/aromatic N) is 1. The first-order valence-corrected chi connectivity index (χ1v) is 13.6. The Morgan fingerprint density at radius 1 is 1.12 bits per heavy atom. The lowest BCUT2D eigenvalue weighted by Crippen LogP contribution is -2.19. The van der Waals surface area contributed by atoms with Crippen molar-refractivity contribution in [1.29, 1.82) is 0 Å². The number of ether oxygens (including phenoxy) is 1. The van der Waals surface area contributed by atoms with Crippen LogP contribution in [-0.4, -0.2) is 42.2 Å². The number of allylic oxidation sites excluding steroid dienone is 1. The summed E-state index contributed by atoms with van der Waals surface area (Å²) in [5.74, 6) is 0.443. The molecule has 176 valence electrons. The maximum absolute atomic E-state index is 12.7. The zero-order valence-corrected chi connectivity index (χ0v) is 20.1. The van der Waals surface area contributed by atoms with Crippen molar-refractivity contribution in [1.82, 2.24) is 4.98 Å². The van der Waals surface area contributed by atoms with E-state index in [2.05, 4.69) is 18.0 Å². The lowest BCUT2D eigenvalue weighted by molar-refractivity contribution is 0.118. The summed E-state index contributed by atoms with van der Waals surface area (Å²) in [6, 6.07) is 17.3. The van der Waals surface area contributed by atoms with Gasteiger partial charge < -0.3 is 9.84 Å². The highest BCUT2D eigenvalue weighted by molar-refractivity contribution is 7.92. The molecule has 3 aromatic rings. The molecule has 0 aliphatic carbocycles. The lowest BCUT2D eigenvalue weighted by atomic mass is 9.93. The second kappa shape index (κ2) is 9.35. The Labute approximate surface area is 200 Å². The summed E-state index contributed by atoms with van der Waals surface area (Å²) in [6.07, 6.45) is 6.88. The molecule has 0 amide bonds. The Balaban J connectivity index is 1.49. The van der Waals surface area contributed by atoms with Crippen molar-refractivity contribution in [2.75, 3.05) is 12.4 Å². The summed E-state index contributed by atoms with van der Waals surface area (Å²) in [5.41, 5.74) is 5.02. The van der Waals surface area contributed by atoms with Crippen molar-refractivity contribution in [2.45, 2.75) is 44.0 Å². The first-order valence-electron chi connectivity index (χ1n) is 11.9. The predicted octanol–water partition coefficient (Wildman–Crippen LogP) is 5.55. The Morgan fingerprint density at radius 3 is 2.68 bits per heavy atom. The van der Waals surface area contributed by atoms with Crippen molar-refractivity contribution >= 4 is 32.3 Å². The standard InChI is InChI=1S/C28H29NO4S/c1-2-7-21-18-34(31,32)27-17-33-26(28(21)27)14-12-20(24-10-5-6-15-29-24)16-19-11-13-25(30)23-9-4-3-8-22(19)23/h3-6,8-11,13,15-16,26-27,30H,2,7,12,14,17-18H2,1H3/b20-16-/t26-,27+/m1/s1. The zero-order chi connectivity index (χ0) is 23.7. The van der Waals surface area contributed by atoms with Crippen LogP contribution in [0.15, 0.2) is 71.9 Å². The van der Waals surface area contributed by atoms with E-state index in [0.717, 1.165) is 51.6 Å². The number of aromatic nitrogens is 1. The van der Waals surface area contributed by atoms with E-state index in [1.54, 1.807) is 12.3 Å². The van der Waals surface area contributed by atoms with E-state index in [1.165, 1.54) is 0 Å². The van der Waals surface area contributed by atoms with Crippen molar-refractivity contribution in [3.8, 4) is 5.75 Å². The van der Waals surface area contributed by atoms with Crippen LogP contribution < -0.4 is 0 Å². The Kier molecular flexibility index (Phi) is 6.28. The molecule has 0 bridgehead atoms. The summed E-state index contributed by atoms with van der Waals surface area (Å²) < 4.78 is 31.4. The van der Waals surface area contributed by atoms with E-state index in [0.29, 0.717) is 12.8 Å². The third-order valence-corrected chi connectivity index (χ3v) is 8.85. The molecule has 0 radical (unpaired) electrons. The minimum absolute atomic E-state index is 0.174. The molecule has 6 heteroatoms. The van der Waals surface area contributed by atoms with E-state index in [1.807, 2.05) is 48.5 Å². The molecule has 2 atom stereocenters. The van der Waals surface area contributed by atoms with Crippen molar-refractivity contribution in [2.24, 2.45) is 0 Å². The number of rotatable bonds is 7. The van der Waals surface area contributed by atoms with Gasteiger partial charge in [0.05, 0.1) is 24.2 Å². The van der Waals surface area contributed by atoms with Gasteiger partial charge in [0.15, 0.2) is 9.84 Å². The molecule has 2 aliphatic rings. The third-order valence-electron chi connectivity index (χ3n) is 6.85. The quantitative estimate of drug-likeness (QED) is 0.453. The van der Waals surface area contributed by atoms with Crippen LogP contribution in [-0.2, 0) is 14.6 Å². The lowest BCUT2D eigenvalue weighted by Gasteiger charge is -2.16. The summed E-state index contributed by atoms with van der Waals surface area (Å²) in [4.78, 5) is 4.59. The summed E-state index contributed by atoms with van der Waals surface area (Å²) in [7, 11) is -3.15. The average Bonchev–Trinajstić information content (AvgIpc) is 3.38. The number of phenolic OH excluding ortho intramolecular Hbond substituents is 1. The maximum atomic E-state index is 12.7. The SMILES string of the molecule is CCCC1=C2[C@@H](CC/C(=C/c3ccc(O)c4ccccc34)c3ccccn3)OC[C@@H]2S(=O)(=O)C1. The van der Waals surface area contributed by atoms with Crippen LogP contribution in [0, 0.1) is 0 Å². The van der Waals surface area contributed by atoms with Gasteiger partial charge in [0.25, 0.3) is 0 Å². The molecular formula is C28H29NO4S. The zero-order valence-electron chi connectivity index (χ0n) is 19.3. The monoisotopic (exact) mass is 475 g/mol. The molecule has 1 fully saturated rings. The maximum Gasteiger partial charge on any atom is 0.163 e. The van der Waals surface area contributed by atoms with E-state index >= 15 is 0 Å². The van der Waals surface area contributed by atoms with Crippen LogP contribution in [0.1, 0.15) is 43.9 Å². The highest BCUT2D eigenvalue weighted by Gasteiger charge is 2.46. The Morgan fingerprint density at radius 2 is 1.91 bits per heavy atom. The number of fused-ring (bicyclic) bond motifs is 2. The Bertz CT molecular complexity index is 1380. The van der Waals surface area contributed by atoms with Crippen molar-refractivity contribution in [3.05, 3.63) is 83.2 Å². The van der Waals surface area contributed by atoms with E-state index in [-0.39, 0.29) is 24.2 Å². The summed E-state index contributed by atoms with van der Waals surface area (Å²) in [5, 5.41) is 11.6. The van der Waals surface area contributed by atoms with Crippen molar-refractivity contribution < 1.29 is 18.3 Å². The van der Waals surface area contributed by atoms with Crippen LogP contribution in [0.25, 0.3) is 22.4 Å². The van der Waals surface area contributed by atoms with Gasteiger partial charge in [-0.25, -0.2) is 8.42 Å². The van der Waals surface area contributed by atoms with Gasteiger partial charge in [0, 0.05) is 11.6 Å². The number of hydrogen-bond acceptors (Lipinski definition) is 5. The average molecular weight is 476 g/mol. The van der Waals surface area contributed by atoms with E-state index < -0.39 is 15.1 Å². The summed E-state index contributed by atoms with van der Waals surface area (Å²) >= 11 is 0. The molecule has 5 rings (SSSR count). The molecule has 2 aromatic carbocycles. The fraction of sp³-hybridized carbons (Fsp3) is 0.321. The number of benzene rings is 2. The van der Waals surface area contributed by atoms with Gasteiger partial charge in [-0.3, -0.25) is 4.98 Å². The fourth-order valence-corrected chi connectivity index (χ4v) is 7.25. The number of aromatic hydroxyl groups is 1. The molecule has 1 saturated heterocycles. The van der Waals surface area contributed by atoms with Gasteiger partial charge in [-0.05, 0) is 65.6 Å². The minimum atomic E-state index is -3.15. The third kappa shape index (κ3) is 4.28.